The summed E-state index contributed by atoms with van der Waals surface area (Å²) in [5.74, 6) is 1.40. The monoisotopic (exact) mass is 444 g/mol. The number of ether oxygens (including phenoxy) is 2. The van der Waals surface area contributed by atoms with Crippen molar-refractivity contribution in [1.82, 2.24) is 20.1 Å². The number of aromatic nitrogens is 1. The Hall–Kier alpha value is -3.52. The molecule has 0 bridgehead atoms. The van der Waals surface area contributed by atoms with Crippen molar-refractivity contribution >= 4 is 22.7 Å². The molecule has 2 fully saturated rings. The molecule has 0 aliphatic carbocycles. The van der Waals surface area contributed by atoms with Crippen LogP contribution in [0, 0.1) is 0 Å². The van der Waals surface area contributed by atoms with Crippen molar-refractivity contribution in [1.29, 1.82) is 0 Å². The maximum Gasteiger partial charge on any atom is 0.246 e. The Kier molecular flexibility index (Phi) is 4.02. The van der Waals surface area contributed by atoms with Crippen molar-refractivity contribution in [2.24, 2.45) is 0 Å². The average Bonchev–Trinajstić information content (AvgIpc) is 3.59. The lowest BCUT2D eigenvalue weighted by atomic mass is 9.85. The minimum Gasteiger partial charge on any atom is -0.454 e. The van der Waals surface area contributed by atoms with Crippen molar-refractivity contribution in [3.05, 3.63) is 59.3 Å². The smallest absolute Gasteiger partial charge is 0.246 e. The summed E-state index contributed by atoms with van der Waals surface area (Å²) in [5, 5.41) is 4.43. The maximum absolute atomic E-state index is 13.8. The van der Waals surface area contributed by atoms with E-state index in [2.05, 4.69) is 16.4 Å². The lowest BCUT2D eigenvalue weighted by Gasteiger charge is -2.48. The summed E-state index contributed by atoms with van der Waals surface area (Å²) in [6, 6.07) is 13.1. The predicted octanol–water partition coefficient (Wildman–Crippen LogP) is 1.94. The summed E-state index contributed by atoms with van der Waals surface area (Å²) in [6.07, 6.45) is 1.40. The molecule has 2 amide bonds. The molecule has 0 saturated carbocycles. The van der Waals surface area contributed by atoms with Gasteiger partial charge in [0.15, 0.2) is 11.5 Å². The van der Waals surface area contributed by atoms with Crippen molar-refractivity contribution in [2.45, 2.75) is 31.0 Å². The fourth-order valence-corrected chi connectivity index (χ4v) is 5.93. The highest BCUT2D eigenvalue weighted by Crippen LogP contribution is 2.45. The van der Waals surface area contributed by atoms with Crippen molar-refractivity contribution in [3.8, 4) is 11.5 Å². The molecule has 3 aromatic rings. The molecule has 5 heterocycles. The molecule has 8 nitrogen and oxygen atoms in total. The summed E-state index contributed by atoms with van der Waals surface area (Å²) in [7, 11) is 0. The number of rotatable bonds is 2. The van der Waals surface area contributed by atoms with Crippen LogP contribution < -0.4 is 14.8 Å². The molecular formula is C25H24N4O4. The fraction of sp³-hybridized carbons (Fsp3) is 0.360. The van der Waals surface area contributed by atoms with Gasteiger partial charge in [0.25, 0.3) is 0 Å². The third-order valence-corrected chi connectivity index (χ3v) is 7.48. The van der Waals surface area contributed by atoms with Crippen molar-refractivity contribution < 1.29 is 19.1 Å². The number of amides is 2. The van der Waals surface area contributed by atoms with Crippen LogP contribution in [-0.2, 0) is 16.0 Å². The number of benzene rings is 2. The third-order valence-electron chi connectivity index (χ3n) is 7.48. The molecule has 1 aromatic heterocycles. The number of para-hydroxylation sites is 1. The van der Waals surface area contributed by atoms with Gasteiger partial charge in [-0.05, 0) is 42.3 Å². The van der Waals surface area contributed by atoms with Crippen LogP contribution in [0.15, 0.2) is 42.5 Å². The summed E-state index contributed by atoms with van der Waals surface area (Å²) in [6.45, 7) is 1.94. The highest BCUT2D eigenvalue weighted by Gasteiger charge is 2.49. The number of hydrogen-bond acceptors (Lipinski definition) is 5. The first-order valence-electron chi connectivity index (χ1n) is 11.5. The molecule has 0 spiro atoms. The zero-order chi connectivity index (χ0) is 22.1. The summed E-state index contributed by atoms with van der Waals surface area (Å²) in [4.78, 5) is 34.6. The minimum absolute atomic E-state index is 0.0153. The van der Waals surface area contributed by atoms with E-state index in [4.69, 9.17) is 9.47 Å². The third kappa shape index (κ3) is 2.73. The van der Waals surface area contributed by atoms with Gasteiger partial charge in [-0.25, -0.2) is 0 Å². The van der Waals surface area contributed by atoms with Gasteiger partial charge in [0, 0.05) is 35.6 Å². The predicted molar refractivity (Wildman–Crippen MR) is 120 cm³/mol. The van der Waals surface area contributed by atoms with Gasteiger partial charge in [-0.3, -0.25) is 9.59 Å². The zero-order valence-electron chi connectivity index (χ0n) is 18.0. The first kappa shape index (κ1) is 19.0. The lowest BCUT2D eigenvalue weighted by Crippen LogP contribution is -2.65. The van der Waals surface area contributed by atoms with Gasteiger partial charge in [-0.1, -0.05) is 24.3 Å². The van der Waals surface area contributed by atoms with Crippen LogP contribution in [0.5, 0.6) is 11.5 Å². The molecule has 0 radical (unpaired) electrons. The summed E-state index contributed by atoms with van der Waals surface area (Å²) in [5.41, 5.74) is 4.02. The second-order valence-electron chi connectivity index (χ2n) is 9.21. The number of nitrogens with zero attached hydrogens (tertiary/aromatic N) is 2. The van der Waals surface area contributed by atoms with Gasteiger partial charge in [0.1, 0.15) is 12.6 Å². The molecule has 33 heavy (non-hydrogen) atoms. The highest BCUT2D eigenvalue weighted by atomic mass is 16.7. The van der Waals surface area contributed by atoms with Gasteiger partial charge in [0.2, 0.25) is 18.6 Å². The molecule has 4 aliphatic heterocycles. The maximum atomic E-state index is 13.8. The van der Waals surface area contributed by atoms with Crippen molar-refractivity contribution in [2.75, 3.05) is 26.4 Å². The van der Waals surface area contributed by atoms with Crippen LogP contribution >= 0.6 is 0 Å². The molecule has 2 aromatic carbocycles. The fourth-order valence-electron chi connectivity index (χ4n) is 5.93. The van der Waals surface area contributed by atoms with Gasteiger partial charge in [-0.2, -0.15) is 0 Å². The Morgan fingerprint density at radius 1 is 1.03 bits per heavy atom. The van der Waals surface area contributed by atoms with E-state index in [1.807, 2.05) is 36.4 Å². The molecule has 8 heteroatoms. The zero-order valence-corrected chi connectivity index (χ0v) is 18.0. The second kappa shape index (κ2) is 6.99. The SMILES string of the molecule is O=C1[C@H]2Cc3c([nH]c4ccccc34)[C@H](c3ccc4c(c3)OCO4)N2C(=O)CN1C1CCNC1. The molecule has 168 valence electrons. The number of nitrogens with one attached hydrogen (secondary N) is 2. The number of carbonyl (C=O) groups is 2. The van der Waals surface area contributed by atoms with Crippen LogP contribution in [-0.4, -0.2) is 65.1 Å². The minimum atomic E-state index is -0.519. The van der Waals surface area contributed by atoms with E-state index in [0.29, 0.717) is 17.9 Å². The standard InChI is InChI=1S/C25H24N4O4/c30-22-12-28(15-7-8-26-11-15)25(31)19-10-17-16-3-1-2-4-18(16)27-23(17)24(29(19)22)14-5-6-20-21(9-14)33-13-32-20/h1-6,9,15,19,24,26-27H,7-8,10-13H2/t15?,19-,24+/m1/s1. The van der Waals surface area contributed by atoms with E-state index in [1.54, 1.807) is 9.80 Å². The van der Waals surface area contributed by atoms with Crippen molar-refractivity contribution in [3.63, 3.8) is 0 Å². The Labute approximate surface area is 190 Å². The topological polar surface area (TPSA) is 86.9 Å². The number of hydrogen-bond donors (Lipinski definition) is 2. The molecule has 2 saturated heterocycles. The Morgan fingerprint density at radius 2 is 1.91 bits per heavy atom. The second-order valence-corrected chi connectivity index (χ2v) is 9.21. The van der Waals surface area contributed by atoms with Crippen LogP contribution in [0.25, 0.3) is 10.9 Å². The molecule has 2 N–H and O–H groups in total. The Balaban J connectivity index is 1.39. The van der Waals surface area contributed by atoms with Gasteiger partial charge >= 0.3 is 0 Å². The summed E-state index contributed by atoms with van der Waals surface area (Å²) < 4.78 is 11.1. The number of H-pyrrole nitrogens is 1. The highest BCUT2D eigenvalue weighted by molar-refractivity contribution is 5.98. The molecule has 3 atom stereocenters. The number of carbonyl (C=O) groups excluding carboxylic acids is 2. The first-order chi connectivity index (χ1) is 16.2. The van der Waals surface area contributed by atoms with E-state index >= 15 is 0 Å². The molecule has 4 aliphatic rings. The van der Waals surface area contributed by atoms with Crippen LogP contribution in [0.1, 0.15) is 29.3 Å². The summed E-state index contributed by atoms with van der Waals surface area (Å²) >= 11 is 0. The number of fused-ring (bicyclic) bond motifs is 5. The quantitative estimate of drug-likeness (QED) is 0.631. The molecule has 7 rings (SSSR count). The Bertz CT molecular complexity index is 1290. The molecule has 1 unspecified atom stereocenters. The largest absolute Gasteiger partial charge is 0.454 e. The van der Waals surface area contributed by atoms with Gasteiger partial charge in [0.05, 0.1) is 6.04 Å². The van der Waals surface area contributed by atoms with Crippen LogP contribution in [0.3, 0.4) is 0 Å². The molecular weight excluding hydrogens is 420 g/mol. The van der Waals surface area contributed by atoms with Gasteiger partial charge in [-0.15, -0.1) is 0 Å². The first-order valence-corrected chi connectivity index (χ1v) is 11.5. The van der Waals surface area contributed by atoms with Crippen LogP contribution in [0.2, 0.25) is 0 Å². The number of aromatic amines is 1. The van der Waals surface area contributed by atoms with Gasteiger partial charge < -0.3 is 29.6 Å². The van der Waals surface area contributed by atoms with E-state index in [-0.39, 0.29) is 37.2 Å². The van der Waals surface area contributed by atoms with E-state index < -0.39 is 6.04 Å². The van der Waals surface area contributed by atoms with E-state index in [1.165, 1.54) is 0 Å². The van der Waals surface area contributed by atoms with Crippen LogP contribution in [0.4, 0.5) is 0 Å². The average molecular weight is 444 g/mol. The van der Waals surface area contributed by atoms with E-state index in [9.17, 15) is 9.59 Å². The van der Waals surface area contributed by atoms with E-state index in [0.717, 1.165) is 47.2 Å². The Morgan fingerprint density at radius 3 is 2.79 bits per heavy atom. The number of piperazine rings is 1. The normalized spacial score (nSPS) is 26.1. The lowest BCUT2D eigenvalue weighted by molar-refractivity contribution is -0.160.